The highest BCUT2D eigenvalue weighted by molar-refractivity contribution is 6.30. The highest BCUT2D eigenvalue weighted by Gasteiger charge is 2.46. The number of aromatic nitrogens is 4. The average molecular weight is 538 g/mol. The first-order chi connectivity index (χ1) is 18.4. The predicted octanol–water partition coefficient (Wildman–Crippen LogP) is 2.31. The third-order valence-corrected chi connectivity index (χ3v) is 6.64. The van der Waals surface area contributed by atoms with E-state index in [2.05, 4.69) is 31.7 Å². The Bertz CT molecular complexity index is 1460. The van der Waals surface area contributed by atoms with E-state index in [1.807, 2.05) is 37.3 Å². The van der Waals surface area contributed by atoms with E-state index >= 15 is 0 Å². The number of aliphatic hydroxyl groups is 1. The minimum absolute atomic E-state index is 0.356. The van der Waals surface area contributed by atoms with Crippen LogP contribution in [0.15, 0.2) is 55.1 Å². The molecule has 1 saturated heterocycles. The first-order valence-electron chi connectivity index (χ1n) is 12.0. The second-order valence-electron chi connectivity index (χ2n) is 9.06. The molecule has 5 rings (SSSR count). The van der Waals surface area contributed by atoms with E-state index in [0.717, 1.165) is 16.7 Å². The lowest BCUT2D eigenvalue weighted by molar-refractivity contribution is -0.134. The number of hydrogen-bond donors (Lipinski definition) is 4. The number of likely N-dealkylation sites (N-methyl/N-ethyl adjacent to an activating group) is 1. The summed E-state index contributed by atoms with van der Waals surface area (Å²) in [6.45, 7) is 2.81. The number of aliphatic hydroxyl groups excluding tert-OH is 1. The number of hydrogen-bond acceptors (Lipinski definition) is 9. The summed E-state index contributed by atoms with van der Waals surface area (Å²) in [5.74, 6) is 0.747. The van der Waals surface area contributed by atoms with Crippen LogP contribution >= 0.6 is 11.6 Å². The molecule has 12 heteroatoms. The Morgan fingerprint density at radius 3 is 2.87 bits per heavy atom. The molecule has 38 heavy (non-hydrogen) atoms. The van der Waals surface area contributed by atoms with Crippen LogP contribution in [0, 0.1) is 6.92 Å². The first-order valence-corrected chi connectivity index (χ1v) is 12.4. The van der Waals surface area contributed by atoms with Gasteiger partial charge in [0.15, 0.2) is 29.3 Å². The van der Waals surface area contributed by atoms with Gasteiger partial charge in [-0.3, -0.25) is 9.36 Å². The van der Waals surface area contributed by atoms with Gasteiger partial charge in [0.25, 0.3) is 5.91 Å². The van der Waals surface area contributed by atoms with Crippen LogP contribution in [-0.2, 0) is 22.7 Å². The number of benzene rings is 2. The van der Waals surface area contributed by atoms with E-state index in [4.69, 9.17) is 26.8 Å². The average Bonchev–Trinajstić information content (AvgIpc) is 3.47. The Labute approximate surface area is 224 Å². The van der Waals surface area contributed by atoms with Crippen molar-refractivity contribution < 1.29 is 19.4 Å². The Hall–Kier alpha value is -3.77. The number of nitrogens with zero attached hydrogens (tertiary/aromatic N) is 4. The molecule has 1 fully saturated rings. The topological polar surface area (TPSA) is 149 Å². The molecule has 4 atom stereocenters. The van der Waals surface area contributed by atoms with E-state index in [1.54, 1.807) is 10.6 Å². The Morgan fingerprint density at radius 2 is 2.08 bits per heavy atom. The van der Waals surface area contributed by atoms with Crippen LogP contribution in [-0.4, -0.2) is 55.8 Å². The molecule has 3 heterocycles. The summed E-state index contributed by atoms with van der Waals surface area (Å²) in [4.78, 5) is 25.2. The first kappa shape index (κ1) is 25.9. The number of fused-ring (bicyclic) bond motifs is 1. The molecular weight excluding hydrogens is 510 g/mol. The molecule has 0 spiro atoms. The summed E-state index contributed by atoms with van der Waals surface area (Å²) in [5, 5.41) is 17.0. The van der Waals surface area contributed by atoms with Crippen molar-refractivity contribution in [1.82, 2.24) is 24.8 Å². The Morgan fingerprint density at radius 1 is 1.24 bits per heavy atom. The lowest BCUT2D eigenvalue weighted by atomic mass is 10.1. The van der Waals surface area contributed by atoms with Crippen molar-refractivity contribution in [3.05, 3.63) is 76.8 Å². The van der Waals surface area contributed by atoms with Gasteiger partial charge in [-0.2, -0.15) is 0 Å². The minimum Gasteiger partial charge on any atom is -0.489 e. The second kappa shape index (κ2) is 10.9. The zero-order valence-corrected chi connectivity index (χ0v) is 21.6. The molecule has 0 aliphatic carbocycles. The molecule has 3 unspecified atom stereocenters. The molecule has 4 aromatic rings. The summed E-state index contributed by atoms with van der Waals surface area (Å²) in [5.41, 5.74) is 9.99. The molecule has 1 amide bonds. The van der Waals surface area contributed by atoms with Crippen molar-refractivity contribution in [2.24, 2.45) is 5.73 Å². The van der Waals surface area contributed by atoms with Gasteiger partial charge in [0.05, 0.1) is 12.4 Å². The van der Waals surface area contributed by atoms with Gasteiger partial charge in [-0.05, 0) is 30.7 Å². The van der Waals surface area contributed by atoms with E-state index in [0.29, 0.717) is 40.9 Å². The fourth-order valence-electron chi connectivity index (χ4n) is 4.44. The number of nitrogens with two attached hydrogens (primary N) is 1. The van der Waals surface area contributed by atoms with Gasteiger partial charge >= 0.3 is 0 Å². The number of anilines is 1. The van der Waals surface area contributed by atoms with Gasteiger partial charge in [0, 0.05) is 24.2 Å². The molecule has 0 saturated carbocycles. The summed E-state index contributed by atoms with van der Waals surface area (Å²) in [7, 11) is 1.48. The molecule has 2 aromatic carbocycles. The molecule has 5 N–H and O–H groups in total. The highest BCUT2D eigenvalue weighted by Crippen LogP contribution is 2.32. The van der Waals surface area contributed by atoms with Gasteiger partial charge in [-0.25, -0.2) is 15.0 Å². The second-order valence-corrected chi connectivity index (χ2v) is 9.50. The standard InChI is InChI=1S/C26H28ClN7O4/c1-14-4-3-5-15(8-14)11-37-18-7-6-17(27)9-16(18)10-30-23-20-24(32-12-31-23)34(13-33-20)26-21(35)19(28)22(38-26)25(36)29-2/h3-9,12-13,19,21-22,26,35H,10-11,28H2,1-2H3,(H,29,36)(H,30,31,32)/t19?,21?,22-,26?/m0/s1. The number of nitrogens with one attached hydrogen (secondary N) is 2. The van der Waals surface area contributed by atoms with Crippen molar-refractivity contribution in [3.63, 3.8) is 0 Å². The molecule has 2 aromatic heterocycles. The van der Waals surface area contributed by atoms with Crippen LogP contribution in [0.4, 0.5) is 5.82 Å². The van der Waals surface area contributed by atoms with Gasteiger partial charge in [-0.15, -0.1) is 0 Å². The maximum absolute atomic E-state index is 12.1. The van der Waals surface area contributed by atoms with Gasteiger partial charge < -0.3 is 30.9 Å². The number of halogens is 1. The summed E-state index contributed by atoms with van der Waals surface area (Å²) >= 11 is 6.28. The molecule has 0 bridgehead atoms. The lowest BCUT2D eigenvalue weighted by Gasteiger charge is -2.17. The minimum atomic E-state index is -1.14. The normalized spacial score (nSPS) is 21.0. The van der Waals surface area contributed by atoms with Crippen LogP contribution < -0.4 is 21.1 Å². The van der Waals surface area contributed by atoms with Crippen LogP contribution in [0.25, 0.3) is 11.2 Å². The van der Waals surface area contributed by atoms with Crippen molar-refractivity contribution in [1.29, 1.82) is 0 Å². The van der Waals surface area contributed by atoms with Crippen LogP contribution in [0.2, 0.25) is 5.02 Å². The van der Waals surface area contributed by atoms with Crippen LogP contribution in [0.1, 0.15) is 22.9 Å². The predicted molar refractivity (Wildman–Crippen MR) is 142 cm³/mol. The Kier molecular flexibility index (Phi) is 7.43. The number of carbonyl (C=O) groups excluding carboxylic acids is 1. The third kappa shape index (κ3) is 5.14. The molecule has 1 aliphatic rings. The van der Waals surface area contributed by atoms with Crippen molar-refractivity contribution in [2.45, 2.75) is 44.6 Å². The van der Waals surface area contributed by atoms with E-state index in [-0.39, 0.29) is 0 Å². The van der Waals surface area contributed by atoms with Crippen LogP contribution in [0.3, 0.4) is 0 Å². The lowest BCUT2D eigenvalue weighted by Crippen LogP contribution is -2.46. The highest BCUT2D eigenvalue weighted by atomic mass is 35.5. The fraction of sp³-hybridized carbons (Fsp3) is 0.308. The molecule has 0 radical (unpaired) electrons. The summed E-state index contributed by atoms with van der Waals surface area (Å²) in [6, 6.07) is 12.7. The maximum atomic E-state index is 12.1. The quantitative estimate of drug-likeness (QED) is 0.265. The van der Waals surface area contributed by atoms with E-state index < -0.39 is 30.4 Å². The summed E-state index contributed by atoms with van der Waals surface area (Å²) < 4.78 is 13.4. The van der Waals surface area contributed by atoms with Crippen molar-refractivity contribution >= 4 is 34.5 Å². The molecule has 11 nitrogen and oxygen atoms in total. The number of imidazole rings is 1. The van der Waals surface area contributed by atoms with Crippen LogP contribution in [0.5, 0.6) is 5.75 Å². The molecular formula is C26H28ClN7O4. The number of amides is 1. The fourth-order valence-corrected chi connectivity index (χ4v) is 4.63. The van der Waals surface area contributed by atoms with E-state index in [1.165, 1.54) is 19.7 Å². The zero-order chi connectivity index (χ0) is 26.8. The molecule has 198 valence electrons. The SMILES string of the molecule is CNC(=O)[C@H]1OC(n2cnc3c(NCc4cc(Cl)ccc4OCc4cccc(C)c4)ncnc32)C(O)C1N. The monoisotopic (exact) mass is 537 g/mol. The largest absolute Gasteiger partial charge is 0.489 e. The zero-order valence-electron chi connectivity index (χ0n) is 20.8. The van der Waals surface area contributed by atoms with Gasteiger partial charge in [0.2, 0.25) is 0 Å². The third-order valence-electron chi connectivity index (χ3n) is 6.41. The smallest absolute Gasteiger partial charge is 0.250 e. The number of carbonyl (C=O) groups is 1. The number of ether oxygens (including phenoxy) is 2. The maximum Gasteiger partial charge on any atom is 0.250 e. The van der Waals surface area contributed by atoms with E-state index in [9.17, 15) is 9.90 Å². The number of aryl methyl sites for hydroxylation is 1. The van der Waals surface area contributed by atoms with Crippen molar-refractivity contribution in [2.75, 3.05) is 12.4 Å². The van der Waals surface area contributed by atoms with Gasteiger partial charge in [-0.1, -0.05) is 41.4 Å². The van der Waals surface area contributed by atoms with Gasteiger partial charge in [0.1, 0.15) is 24.8 Å². The Balaban J connectivity index is 1.35. The number of rotatable bonds is 8. The molecule has 1 aliphatic heterocycles. The van der Waals surface area contributed by atoms with Crippen molar-refractivity contribution in [3.8, 4) is 5.75 Å². The summed E-state index contributed by atoms with van der Waals surface area (Å²) in [6.07, 6.45) is -0.214.